The third-order valence-electron chi connectivity index (χ3n) is 5.88. The summed E-state index contributed by atoms with van der Waals surface area (Å²) in [5.41, 5.74) is 3.69. The van der Waals surface area contributed by atoms with E-state index in [9.17, 15) is 0 Å². The molecular weight excluding hydrogens is 414 g/mol. The lowest BCUT2D eigenvalue weighted by atomic mass is 10.1. The van der Waals surface area contributed by atoms with Gasteiger partial charge in [0.15, 0.2) is 0 Å². The molecule has 33 heavy (non-hydrogen) atoms. The fraction of sp³-hybridized carbons (Fsp3) is 0.423. The number of rotatable bonds is 10. The van der Waals surface area contributed by atoms with Crippen molar-refractivity contribution >= 4 is 6.08 Å². The van der Waals surface area contributed by atoms with E-state index in [4.69, 9.17) is 9.47 Å². The number of aromatic nitrogens is 4. The van der Waals surface area contributed by atoms with E-state index in [0.29, 0.717) is 24.8 Å². The molecule has 0 aromatic carbocycles. The van der Waals surface area contributed by atoms with Crippen molar-refractivity contribution in [2.75, 3.05) is 26.2 Å². The topological polar surface area (TPSA) is 65.3 Å². The van der Waals surface area contributed by atoms with Crippen LogP contribution in [0, 0.1) is 0 Å². The van der Waals surface area contributed by atoms with Crippen LogP contribution in [0.2, 0.25) is 0 Å². The standard InChI is InChI=1S/C26H33N5O2/c1-4-21-17-25(32-16-15-30-13-6-5-7-14-30)28-18-24(21)33-19-22-9-8-11-27-26(22)23-10-12-29-31(23)20(2)3/h4,8-12,17-18,20H,1,5-7,13-16,19H2,2-3H3. The Bertz CT molecular complexity index is 1060. The molecule has 4 heterocycles. The number of nitrogens with zero attached hydrogens (tertiary/aromatic N) is 5. The van der Waals surface area contributed by atoms with Crippen LogP contribution in [-0.4, -0.2) is 50.9 Å². The van der Waals surface area contributed by atoms with Gasteiger partial charge in [0.2, 0.25) is 5.88 Å². The molecular formula is C26H33N5O2. The van der Waals surface area contributed by atoms with Crippen molar-refractivity contribution in [3.8, 4) is 23.0 Å². The Morgan fingerprint density at radius 2 is 1.94 bits per heavy atom. The van der Waals surface area contributed by atoms with E-state index in [1.165, 1.54) is 19.3 Å². The minimum absolute atomic E-state index is 0.241. The maximum absolute atomic E-state index is 6.14. The summed E-state index contributed by atoms with van der Waals surface area (Å²) in [6.45, 7) is 12.4. The minimum Gasteiger partial charge on any atom is -0.487 e. The predicted molar refractivity (Wildman–Crippen MR) is 130 cm³/mol. The summed E-state index contributed by atoms with van der Waals surface area (Å²) in [6, 6.07) is 8.06. The molecule has 0 bridgehead atoms. The molecule has 3 aromatic heterocycles. The molecule has 4 rings (SSSR count). The van der Waals surface area contributed by atoms with Crippen molar-refractivity contribution in [1.82, 2.24) is 24.6 Å². The van der Waals surface area contributed by atoms with Gasteiger partial charge in [0.1, 0.15) is 19.0 Å². The Kier molecular flexibility index (Phi) is 7.73. The molecule has 0 amide bonds. The zero-order valence-electron chi connectivity index (χ0n) is 19.6. The number of ether oxygens (including phenoxy) is 2. The first-order chi connectivity index (χ1) is 16.2. The minimum atomic E-state index is 0.241. The SMILES string of the molecule is C=Cc1cc(OCCN2CCCCC2)ncc1OCc1cccnc1-c1ccnn1C(C)C. The van der Waals surface area contributed by atoms with Crippen LogP contribution in [0.5, 0.6) is 11.6 Å². The van der Waals surface area contributed by atoms with E-state index < -0.39 is 0 Å². The van der Waals surface area contributed by atoms with Crippen LogP contribution in [0.3, 0.4) is 0 Å². The summed E-state index contributed by atoms with van der Waals surface area (Å²) in [5.74, 6) is 1.26. The lowest BCUT2D eigenvalue weighted by molar-refractivity contribution is 0.180. The van der Waals surface area contributed by atoms with Gasteiger partial charge < -0.3 is 9.47 Å². The molecule has 7 heteroatoms. The van der Waals surface area contributed by atoms with Gasteiger partial charge in [-0.15, -0.1) is 0 Å². The molecule has 0 N–H and O–H groups in total. The summed E-state index contributed by atoms with van der Waals surface area (Å²) >= 11 is 0. The fourth-order valence-electron chi connectivity index (χ4n) is 4.11. The molecule has 3 aromatic rings. The Morgan fingerprint density at radius 3 is 2.73 bits per heavy atom. The number of pyridine rings is 2. The van der Waals surface area contributed by atoms with Gasteiger partial charge in [0, 0.05) is 42.2 Å². The number of piperidine rings is 1. The van der Waals surface area contributed by atoms with Crippen molar-refractivity contribution in [2.24, 2.45) is 0 Å². The highest BCUT2D eigenvalue weighted by molar-refractivity contribution is 5.59. The summed E-state index contributed by atoms with van der Waals surface area (Å²) in [7, 11) is 0. The Balaban J connectivity index is 1.41. The van der Waals surface area contributed by atoms with Crippen LogP contribution in [0.25, 0.3) is 17.5 Å². The van der Waals surface area contributed by atoms with Gasteiger partial charge in [-0.1, -0.05) is 25.1 Å². The quantitative estimate of drug-likeness (QED) is 0.435. The molecule has 0 radical (unpaired) electrons. The molecule has 1 aliphatic rings. The highest BCUT2D eigenvalue weighted by Crippen LogP contribution is 2.27. The van der Waals surface area contributed by atoms with E-state index in [0.717, 1.165) is 42.1 Å². The highest BCUT2D eigenvalue weighted by atomic mass is 16.5. The molecule has 0 spiro atoms. The lowest BCUT2D eigenvalue weighted by Gasteiger charge is -2.26. The number of hydrogen-bond donors (Lipinski definition) is 0. The summed E-state index contributed by atoms with van der Waals surface area (Å²) in [5, 5.41) is 4.44. The van der Waals surface area contributed by atoms with E-state index in [1.807, 2.05) is 28.9 Å². The maximum Gasteiger partial charge on any atom is 0.214 e. The van der Waals surface area contributed by atoms with Crippen LogP contribution in [0.15, 0.2) is 49.4 Å². The van der Waals surface area contributed by atoms with Crippen molar-refractivity contribution < 1.29 is 9.47 Å². The Labute approximate surface area is 196 Å². The van der Waals surface area contributed by atoms with Gasteiger partial charge in [-0.2, -0.15) is 5.10 Å². The van der Waals surface area contributed by atoms with Gasteiger partial charge in [-0.05, 0) is 51.9 Å². The van der Waals surface area contributed by atoms with E-state index >= 15 is 0 Å². The van der Waals surface area contributed by atoms with Crippen molar-refractivity contribution in [1.29, 1.82) is 0 Å². The van der Waals surface area contributed by atoms with Gasteiger partial charge in [0.05, 0.1) is 17.6 Å². The zero-order valence-corrected chi connectivity index (χ0v) is 19.6. The predicted octanol–water partition coefficient (Wildman–Crippen LogP) is 5.01. The summed E-state index contributed by atoms with van der Waals surface area (Å²) in [6.07, 6.45) is 11.0. The average Bonchev–Trinajstić information content (AvgIpc) is 3.34. The monoisotopic (exact) mass is 447 g/mol. The zero-order chi connectivity index (χ0) is 23.0. The van der Waals surface area contributed by atoms with Crippen molar-refractivity contribution in [3.05, 3.63) is 60.6 Å². The van der Waals surface area contributed by atoms with Crippen LogP contribution in [-0.2, 0) is 6.61 Å². The molecule has 1 fully saturated rings. The van der Waals surface area contributed by atoms with Crippen molar-refractivity contribution in [2.45, 2.75) is 45.8 Å². The highest BCUT2D eigenvalue weighted by Gasteiger charge is 2.15. The smallest absolute Gasteiger partial charge is 0.214 e. The second-order valence-corrected chi connectivity index (χ2v) is 8.57. The Morgan fingerprint density at radius 1 is 1.09 bits per heavy atom. The van der Waals surface area contributed by atoms with Crippen LogP contribution in [0.1, 0.15) is 50.3 Å². The van der Waals surface area contributed by atoms with Crippen LogP contribution in [0.4, 0.5) is 0 Å². The summed E-state index contributed by atoms with van der Waals surface area (Å²) < 4.78 is 14.0. The van der Waals surface area contributed by atoms with Crippen LogP contribution < -0.4 is 9.47 Å². The molecule has 0 atom stereocenters. The normalized spacial score (nSPS) is 14.4. The van der Waals surface area contributed by atoms with Gasteiger partial charge in [-0.25, -0.2) is 4.98 Å². The summed E-state index contributed by atoms with van der Waals surface area (Å²) in [4.78, 5) is 11.5. The van der Waals surface area contributed by atoms with Crippen LogP contribution >= 0.6 is 0 Å². The molecule has 0 saturated carbocycles. The van der Waals surface area contributed by atoms with Gasteiger partial charge >= 0.3 is 0 Å². The third kappa shape index (κ3) is 5.79. The second-order valence-electron chi connectivity index (χ2n) is 8.57. The van der Waals surface area contributed by atoms with E-state index in [-0.39, 0.29) is 6.04 Å². The first-order valence-corrected chi connectivity index (χ1v) is 11.7. The van der Waals surface area contributed by atoms with E-state index in [1.54, 1.807) is 24.7 Å². The first-order valence-electron chi connectivity index (χ1n) is 11.7. The number of hydrogen-bond acceptors (Lipinski definition) is 6. The lowest BCUT2D eigenvalue weighted by Crippen LogP contribution is -2.33. The second kappa shape index (κ2) is 11.1. The van der Waals surface area contributed by atoms with E-state index in [2.05, 4.69) is 40.4 Å². The largest absolute Gasteiger partial charge is 0.487 e. The molecule has 0 aliphatic carbocycles. The first kappa shape index (κ1) is 23.0. The fourth-order valence-corrected chi connectivity index (χ4v) is 4.11. The van der Waals surface area contributed by atoms with Crippen molar-refractivity contribution in [3.63, 3.8) is 0 Å². The Hall–Kier alpha value is -3.19. The third-order valence-corrected chi connectivity index (χ3v) is 5.88. The maximum atomic E-state index is 6.14. The molecule has 1 saturated heterocycles. The van der Waals surface area contributed by atoms with Gasteiger partial charge in [0.25, 0.3) is 0 Å². The molecule has 1 aliphatic heterocycles. The average molecular weight is 448 g/mol. The molecule has 7 nitrogen and oxygen atoms in total. The number of likely N-dealkylation sites (tertiary alicyclic amines) is 1. The molecule has 0 unspecified atom stereocenters. The molecule has 174 valence electrons. The van der Waals surface area contributed by atoms with Gasteiger partial charge in [-0.3, -0.25) is 14.6 Å².